The third-order valence-corrected chi connectivity index (χ3v) is 5.12. The van der Waals surface area contributed by atoms with Gasteiger partial charge in [-0.2, -0.15) is 0 Å². The molecule has 0 aliphatic rings. The zero-order valence-electron chi connectivity index (χ0n) is 15.0. The molecule has 0 fully saturated rings. The molecule has 0 bridgehead atoms. The Balaban J connectivity index is 1.88. The van der Waals surface area contributed by atoms with Gasteiger partial charge in [-0.25, -0.2) is 9.37 Å². The summed E-state index contributed by atoms with van der Waals surface area (Å²) in [4.78, 5) is 24.1. The summed E-state index contributed by atoms with van der Waals surface area (Å²) in [6.07, 6.45) is 2.72. The van der Waals surface area contributed by atoms with E-state index in [-0.39, 0.29) is 5.39 Å². The number of H-pyrrole nitrogens is 1. The second kappa shape index (κ2) is 6.79. The highest BCUT2D eigenvalue weighted by Gasteiger charge is 2.16. The molecule has 1 N–H and O–H groups in total. The Kier molecular flexibility index (Phi) is 4.11. The Morgan fingerprint density at radius 2 is 1.79 bits per heavy atom. The predicted molar refractivity (Wildman–Crippen MR) is 114 cm³/mol. The Bertz CT molecular complexity index is 1450. The number of aromatic amines is 1. The second-order valence-corrected chi connectivity index (χ2v) is 7.05. The molecule has 0 spiro atoms. The van der Waals surface area contributed by atoms with Gasteiger partial charge in [-0.3, -0.25) is 9.78 Å². The highest BCUT2D eigenvalue weighted by atomic mass is 35.5. The largest absolute Gasteiger partial charge is 0.343 e. The average molecular weight is 402 g/mol. The second-order valence-electron chi connectivity index (χ2n) is 6.65. The molecule has 140 valence electrons. The number of halogens is 2. The van der Waals surface area contributed by atoms with Crippen molar-refractivity contribution in [3.05, 3.63) is 94.1 Å². The first kappa shape index (κ1) is 17.5. The summed E-state index contributed by atoms with van der Waals surface area (Å²) in [6, 6.07) is 18.8. The predicted octanol–water partition coefficient (Wildman–Crippen LogP) is 5.60. The van der Waals surface area contributed by atoms with Crippen LogP contribution < -0.4 is 5.43 Å². The number of nitrogens with one attached hydrogen (secondary N) is 1. The number of hydrogen-bond acceptors (Lipinski definition) is 3. The number of pyridine rings is 3. The minimum absolute atomic E-state index is 0.182. The van der Waals surface area contributed by atoms with E-state index in [0.717, 1.165) is 22.7 Å². The van der Waals surface area contributed by atoms with E-state index in [4.69, 9.17) is 11.6 Å². The third-order valence-electron chi connectivity index (χ3n) is 4.84. The molecule has 0 amide bonds. The SMILES string of the molecule is O=c1c(F)c[nH]c2nc(-c3ccccc3)c(-c3cc(Cl)c4ncccc4c3)cc12. The maximum Gasteiger partial charge on any atom is 0.226 e. The van der Waals surface area contributed by atoms with Crippen LogP contribution in [0.25, 0.3) is 44.3 Å². The van der Waals surface area contributed by atoms with Gasteiger partial charge in [0.1, 0.15) is 5.65 Å². The number of hydrogen-bond donors (Lipinski definition) is 1. The van der Waals surface area contributed by atoms with Crippen LogP contribution in [0, 0.1) is 5.82 Å². The van der Waals surface area contributed by atoms with Gasteiger partial charge in [0.05, 0.1) is 21.6 Å². The normalized spacial score (nSPS) is 11.2. The van der Waals surface area contributed by atoms with Crippen molar-refractivity contribution in [1.29, 1.82) is 0 Å². The van der Waals surface area contributed by atoms with Gasteiger partial charge in [-0.05, 0) is 29.8 Å². The summed E-state index contributed by atoms with van der Waals surface area (Å²) in [5.74, 6) is -0.849. The van der Waals surface area contributed by atoms with E-state index in [1.54, 1.807) is 18.3 Å². The van der Waals surface area contributed by atoms with Gasteiger partial charge in [0.25, 0.3) is 0 Å². The summed E-state index contributed by atoms with van der Waals surface area (Å²) < 4.78 is 13.9. The van der Waals surface area contributed by atoms with Crippen LogP contribution in [0.5, 0.6) is 0 Å². The van der Waals surface area contributed by atoms with Crippen LogP contribution in [0.15, 0.2) is 77.9 Å². The Morgan fingerprint density at radius 3 is 2.62 bits per heavy atom. The topological polar surface area (TPSA) is 58.6 Å². The zero-order chi connectivity index (χ0) is 20.0. The first-order valence-corrected chi connectivity index (χ1v) is 9.31. The lowest BCUT2D eigenvalue weighted by molar-refractivity contribution is 0.614. The van der Waals surface area contributed by atoms with Gasteiger partial charge >= 0.3 is 0 Å². The summed E-state index contributed by atoms with van der Waals surface area (Å²) in [5, 5.41) is 1.54. The first-order chi connectivity index (χ1) is 14.1. The number of benzene rings is 2. The molecule has 0 atom stereocenters. The van der Waals surface area contributed by atoms with Crippen molar-refractivity contribution in [3.63, 3.8) is 0 Å². The smallest absolute Gasteiger partial charge is 0.226 e. The molecule has 0 saturated carbocycles. The van der Waals surface area contributed by atoms with Crippen molar-refractivity contribution in [1.82, 2.24) is 15.0 Å². The number of rotatable bonds is 2. The molecule has 0 saturated heterocycles. The van der Waals surface area contributed by atoms with Crippen LogP contribution in [-0.4, -0.2) is 15.0 Å². The first-order valence-electron chi connectivity index (χ1n) is 8.94. The molecule has 3 heterocycles. The zero-order valence-corrected chi connectivity index (χ0v) is 15.7. The van der Waals surface area contributed by atoms with Crippen LogP contribution in [0.3, 0.4) is 0 Å². The number of nitrogens with zero attached hydrogens (tertiary/aromatic N) is 2. The highest BCUT2D eigenvalue weighted by Crippen LogP contribution is 2.36. The molecule has 5 rings (SSSR count). The van der Waals surface area contributed by atoms with Crippen LogP contribution in [0.2, 0.25) is 5.02 Å². The minimum atomic E-state index is -0.849. The molecule has 0 aliphatic carbocycles. The van der Waals surface area contributed by atoms with Gasteiger partial charge in [-0.1, -0.05) is 48.0 Å². The van der Waals surface area contributed by atoms with Crippen LogP contribution in [-0.2, 0) is 0 Å². The monoisotopic (exact) mass is 401 g/mol. The molecule has 0 unspecified atom stereocenters. The number of fused-ring (bicyclic) bond motifs is 2. The molecular weight excluding hydrogens is 389 g/mol. The molecule has 29 heavy (non-hydrogen) atoms. The Labute approximate surface area is 169 Å². The van der Waals surface area contributed by atoms with Gasteiger partial charge < -0.3 is 4.98 Å². The van der Waals surface area contributed by atoms with E-state index in [9.17, 15) is 9.18 Å². The van der Waals surface area contributed by atoms with E-state index in [1.165, 1.54) is 0 Å². The minimum Gasteiger partial charge on any atom is -0.343 e. The molecule has 2 aromatic carbocycles. The standard InChI is InChI=1S/C23H13ClFN3O/c24-18-10-15(9-14-7-4-8-26-21(14)18)16-11-17-22(29)19(25)12-27-23(17)28-20(16)13-5-2-1-3-6-13/h1-12H,(H,27,28,29). The Hall–Kier alpha value is -3.57. The van der Waals surface area contributed by atoms with Gasteiger partial charge in [0.2, 0.25) is 5.43 Å². The highest BCUT2D eigenvalue weighted by molar-refractivity contribution is 6.35. The van der Waals surface area contributed by atoms with Crippen LogP contribution in [0.4, 0.5) is 4.39 Å². The maximum atomic E-state index is 13.9. The fraction of sp³-hybridized carbons (Fsp3) is 0. The van der Waals surface area contributed by atoms with E-state index in [1.807, 2.05) is 48.5 Å². The molecule has 0 aliphatic heterocycles. The van der Waals surface area contributed by atoms with Crippen molar-refractivity contribution >= 4 is 33.5 Å². The summed E-state index contributed by atoms with van der Waals surface area (Å²) in [6.45, 7) is 0. The molecule has 3 aromatic heterocycles. The Morgan fingerprint density at radius 1 is 0.966 bits per heavy atom. The number of aromatic nitrogens is 3. The lowest BCUT2D eigenvalue weighted by Gasteiger charge is -2.12. The summed E-state index contributed by atoms with van der Waals surface area (Å²) >= 11 is 6.47. The fourth-order valence-electron chi connectivity index (χ4n) is 3.46. The van der Waals surface area contributed by atoms with E-state index in [2.05, 4.69) is 15.0 Å². The summed E-state index contributed by atoms with van der Waals surface area (Å²) in [7, 11) is 0. The quantitative estimate of drug-likeness (QED) is 0.419. The lowest BCUT2D eigenvalue weighted by atomic mass is 9.97. The van der Waals surface area contributed by atoms with Gasteiger partial charge in [-0.15, -0.1) is 0 Å². The van der Waals surface area contributed by atoms with E-state index < -0.39 is 11.2 Å². The van der Waals surface area contributed by atoms with Crippen molar-refractivity contribution in [3.8, 4) is 22.4 Å². The van der Waals surface area contributed by atoms with E-state index in [0.29, 0.717) is 27.4 Å². The van der Waals surface area contributed by atoms with Crippen LogP contribution >= 0.6 is 11.6 Å². The molecule has 0 radical (unpaired) electrons. The van der Waals surface area contributed by atoms with Crippen molar-refractivity contribution in [2.45, 2.75) is 0 Å². The van der Waals surface area contributed by atoms with Crippen molar-refractivity contribution < 1.29 is 4.39 Å². The molecule has 5 aromatic rings. The molecule has 6 heteroatoms. The summed E-state index contributed by atoms with van der Waals surface area (Å²) in [5.41, 5.74) is 3.32. The van der Waals surface area contributed by atoms with E-state index >= 15 is 0 Å². The van der Waals surface area contributed by atoms with Gasteiger partial charge in [0.15, 0.2) is 5.82 Å². The molecule has 4 nitrogen and oxygen atoms in total. The van der Waals surface area contributed by atoms with Crippen molar-refractivity contribution in [2.75, 3.05) is 0 Å². The fourth-order valence-corrected chi connectivity index (χ4v) is 3.74. The molecular formula is C23H13ClFN3O. The van der Waals surface area contributed by atoms with Crippen LogP contribution in [0.1, 0.15) is 0 Å². The van der Waals surface area contributed by atoms with Gasteiger partial charge in [0, 0.05) is 28.9 Å². The van der Waals surface area contributed by atoms with Crippen molar-refractivity contribution in [2.24, 2.45) is 0 Å². The maximum absolute atomic E-state index is 13.9. The average Bonchev–Trinajstić information content (AvgIpc) is 2.76. The third kappa shape index (κ3) is 2.96. The lowest BCUT2D eigenvalue weighted by Crippen LogP contribution is -2.09.